The second-order valence-electron chi connectivity index (χ2n) is 3.69. The van der Waals surface area contributed by atoms with E-state index in [1.54, 1.807) is 13.2 Å². The number of methoxy groups -OCH3 is 1. The van der Waals surface area contributed by atoms with Gasteiger partial charge in [0.05, 0.1) is 13.2 Å². The summed E-state index contributed by atoms with van der Waals surface area (Å²) in [6, 6.07) is 1.63. The maximum absolute atomic E-state index is 5.93. The van der Waals surface area contributed by atoms with Crippen molar-refractivity contribution in [3.05, 3.63) is 12.4 Å². The standard InChI is InChI=1S/C10H17N3O2/c1-4-10(2,11)6-15-9-5-8(14-3)12-7-13-9/h5,7H,4,6,11H2,1-3H3. The van der Waals surface area contributed by atoms with Crippen molar-refractivity contribution in [3.63, 3.8) is 0 Å². The molecular weight excluding hydrogens is 194 g/mol. The molecule has 1 rings (SSSR count). The van der Waals surface area contributed by atoms with Crippen LogP contribution in [0.25, 0.3) is 0 Å². The minimum absolute atomic E-state index is 0.335. The van der Waals surface area contributed by atoms with Gasteiger partial charge in [0.2, 0.25) is 11.8 Å². The van der Waals surface area contributed by atoms with Gasteiger partial charge in [0, 0.05) is 5.54 Å². The van der Waals surface area contributed by atoms with Crippen LogP contribution in [0.2, 0.25) is 0 Å². The maximum Gasteiger partial charge on any atom is 0.220 e. The molecule has 0 fully saturated rings. The predicted octanol–water partition coefficient (Wildman–Crippen LogP) is 0.991. The van der Waals surface area contributed by atoms with E-state index in [0.717, 1.165) is 6.42 Å². The summed E-state index contributed by atoms with van der Waals surface area (Å²) in [5.41, 5.74) is 5.60. The van der Waals surface area contributed by atoms with Crippen molar-refractivity contribution in [1.29, 1.82) is 0 Å². The Kier molecular flexibility index (Phi) is 3.85. The number of aromatic nitrogens is 2. The lowest BCUT2D eigenvalue weighted by Gasteiger charge is -2.22. The highest BCUT2D eigenvalue weighted by Crippen LogP contribution is 2.14. The highest BCUT2D eigenvalue weighted by Gasteiger charge is 2.16. The normalized spacial score (nSPS) is 14.4. The summed E-state index contributed by atoms with van der Waals surface area (Å²) in [5, 5.41) is 0. The summed E-state index contributed by atoms with van der Waals surface area (Å²) in [7, 11) is 1.55. The van der Waals surface area contributed by atoms with Gasteiger partial charge in [-0.2, -0.15) is 0 Å². The van der Waals surface area contributed by atoms with Crippen LogP contribution < -0.4 is 15.2 Å². The summed E-state index contributed by atoms with van der Waals surface area (Å²) in [4.78, 5) is 7.83. The van der Waals surface area contributed by atoms with Crippen molar-refractivity contribution >= 4 is 0 Å². The highest BCUT2D eigenvalue weighted by molar-refractivity contribution is 5.18. The summed E-state index contributed by atoms with van der Waals surface area (Å²) in [5.74, 6) is 0.960. The highest BCUT2D eigenvalue weighted by atomic mass is 16.5. The lowest BCUT2D eigenvalue weighted by Crippen LogP contribution is -2.41. The summed E-state index contributed by atoms with van der Waals surface area (Å²) >= 11 is 0. The first kappa shape index (κ1) is 11.7. The fraction of sp³-hybridized carbons (Fsp3) is 0.600. The van der Waals surface area contributed by atoms with E-state index >= 15 is 0 Å². The van der Waals surface area contributed by atoms with Crippen LogP contribution >= 0.6 is 0 Å². The van der Waals surface area contributed by atoms with Gasteiger partial charge in [-0.1, -0.05) is 6.92 Å². The minimum atomic E-state index is -0.335. The number of rotatable bonds is 5. The van der Waals surface area contributed by atoms with Gasteiger partial charge in [0.15, 0.2) is 0 Å². The molecule has 2 N–H and O–H groups in total. The van der Waals surface area contributed by atoms with E-state index < -0.39 is 0 Å². The molecule has 1 atom stereocenters. The summed E-state index contributed by atoms with van der Waals surface area (Å²) < 4.78 is 10.4. The Morgan fingerprint density at radius 2 is 2.07 bits per heavy atom. The molecule has 5 heteroatoms. The van der Waals surface area contributed by atoms with Crippen LogP contribution in [0.1, 0.15) is 20.3 Å². The number of nitrogens with two attached hydrogens (primary N) is 1. The van der Waals surface area contributed by atoms with E-state index in [2.05, 4.69) is 9.97 Å². The zero-order chi connectivity index (χ0) is 11.3. The molecule has 0 aliphatic heterocycles. The fourth-order valence-electron chi connectivity index (χ4n) is 0.854. The number of hydrogen-bond acceptors (Lipinski definition) is 5. The maximum atomic E-state index is 5.93. The quantitative estimate of drug-likeness (QED) is 0.786. The Balaban J connectivity index is 2.57. The molecule has 1 aromatic heterocycles. The lowest BCUT2D eigenvalue weighted by atomic mass is 10.0. The lowest BCUT2D eigenvalue weighted by molar-refractivity contribution is 0.217. The first-order valence-corrected chi connectivity index (χ1v) is 4.85. The molecule has 0 aliphatic carbocycles. The van der Waals surface area contributed by atoms with Crippen LogP contribution in [-0.4, -0.2) is 29.2 Å². The molecule has 0 aliphatic rings. The molecule has 84 valence electrons. The van der Waals surface area contributed by atoms with Gasteiger partial charge in [-0.05, 0) is 13.3 Å². The van der Waals surface area contributed by atoms with Gasteiger partial charge in [0.25, 0.3) is 0 Å². The van der Waals surface area contributed by atoms with Crippen LogP contribution in [0.3, 0.4) is 0 Å². The molecule has 0 amide bonds. The first-order valence-electron chi connectivity index (χ1n) is 4.85. The van der Waals surface area contributed by atoms with Crippen LogP contribution in [0, 0.1) is 0 Å². The van der Waals surface area contributed by atoms with Crippen molar-refractivity contribution in [2.75, 3.05) is 13.7 Å². The molecule has 15 heavy (non-hydrogen) atoms. The van der Waals surface area contributed by atoms with Crippen molar-refractivity contribution < 1.29 is 9.47 Å². The zero-order valence-corrected chi connectivity index (χ0v) is 9.36. The third-order valence-corrected chi connectivity index (χ3v) is 2.18. The van der Waals surface area contributed by atoms with Crippen LogP contribution in [-0.2, 0) is 0 Å². The SMILES string of the molecule is CCC(C)(N)COc1cc(OC)ncn1. The van der Waals surface area contributed by atoms with Crippen molar-refractivity contribution in [1.82, 2.24) is 9.97 Å². The topological polar surface area (TPSA) is 70.3 Å². The van der Waals surface area contributed by atoms with Crippen LogP contribution in [0.5, 0.6) is 11.8 Å². The van der Waals surface area contributed by atoms with E-state index in [4.69, 9.17) is 15.2 Å². The third-order valence-electron chi connectivity index (χ3n) is 2.18. The Hall–Kier alpha value is -1.36. The molecule has 0 bridgehead atoms. The summed E-state index contributed by atoms with van der Waals surface area (Å²) in [6.45, 7) is 4.37. The largest absolute Gasteiger partial charge is 0.481 e. The second-order valence-corrected chi connectivity index (χ2v) is 3.69. The molecular formula is C10H17N3O2. The van der Waals surface area contributed by atoms with Gasteiger partial charge in [-0.15, -0.1) is 0 Å². The fourth-order valence-corrected chi connectivity index (χ4v) is 0.854. The Bertz CT molecular complexity index is 315. The zero-order valence-electron chi connectivity index (χ0n) is 9.36. The molecule has 1 aromatic rings. The van der Waals surface area contributed by atoms with Crippen LogP contribution in [0.4, 0.5) is 0 Å². The van der Waals surface area contributed by atoms with Gasteiger partial charge in [0.1, 0.15) is 12.9 Å². The minimum Gasteiger partial charge on any atom is -0.481 e. The molecule has 0 spiro atoms. The third kappa shape index (κ3) is 3.71. The second kappa shape index (κ2) is 4.93. The summed E-state index contributed by atoms with van der Waals surface area (Å²) in [6.07, 6.45) is 2.24. The molecule has 0 radical (unpaired) electrons. The molecule has 0 aromatic carbocycles. The Morgan fingerprint density at radius 1 is 1.40 bits per heavy atom. The van der Waals surface area contributed by atoms with E-state index in [1.165, 1.54) is 6.33 Å². The van der Waals surface area contributed by atoms with E-state index in [-0.39, 0.29) is 5.54 Å². The van der Waals surface area contributed by atoms with E-state index in [1.807, 2.05) is 13.8 Å². The van der Waals surface area contributed by atoms with E-state index in [9.17, 15) is 0 Å². The van der Waals surface area contributed by atoms with Crippen molar-refractivity contribution in [2.45, 2.75) is 25.8 Å². The predicted molar refractivity (Wildman–Crippen MR) is 57.0 cm³/mol. The molecule has 0 saturated carbocycles. The number of ether oxygens (including phenoxy) is 2. The van der Waals surface area contributed by atoms with Gasteiger partial charge >= 0.3 is 0 Å². The molecule has 0 saturated heterocycles. The van der Waals surface area contributed by atoms with Crippen molar-refractivity contribution in [3.8, 4) is 11.8 Å². The monoisotopic (exact) mass is 211 g/mol. The molecule has 1 heterocycles. The molecule has 5 nitrogen and oxygen atoms in total. The van der Waals surface area contributed by atoms with Crippen LogP contribution in [0.15, 0.2) is 12.4 Å². The number of nitrogens with zero attached hydrogens (tertiary/aromatic N) is 2. The Labute approximate surface area is 89.6 Å². The number of hydrogen-bond donors (Lipinski definition) is 1. The van der Waals surface area contributed by atoms with Gasteiger partial charge < -0.3 is 15.2 Å². The van der Waals surface area contributed by atoms with Gasteiger partial charge in [-0.3, -0.25) is 0 Å². The van der Waals surface area contributed by atoms with Crippen molar-refractivity contribution in [2.24, 2.45) is 5.73 Å². The van der Waals surface area contributed by atoms with E-state index in [0.29, 0.717) is 18.4 Å². The first-order chi connectivity index (χ1) is 7.07. The molecule has 1 unspecified atom stereocenters. The average molecular weight is 211 g/mol. The van der Waals surface area contributed by atoms with Gasteiger partial charge in [-0.25, -0.2) is 9.97 Å². The smallest absolute Gasteiger partial charge is 0.220 e. The average Bonchev–Trinajstić information content (AvgIpc) is 2.27. The Morgan fingerprint density at radius 3 is 2.67 bits per heavy atom.